The standard InChI is InChI=1S/C22H26N4O3S/c27-16-15-24-11-13-26(14-12-24)30(28,29)21-18-25(17-19-7-3-1-4-8-19)23-22(21)20-9-5-2-6-10-20/h1-10,18,27H,11-17H2. The van der Waals surface area contributed by atoms with E-state index in [1.54, 1.807) is 10.9 Å². The summed E-state index contributed by atoms with van der Waals surface area (Å²) in [6.07, 6.45) is 1.64. The summed E-state index contributed by atoms with van der Waals surface area (Å²) in [7, 11) is -3.69. The van der Waals surface area contributed by atoms with Crippen molar-refractivity contribution >= 4 is 10.0 Å². The van der Waals surface area contributed by atoms with Crippen LogP contribution in [0.1, 0.15) is 5.56 Å². The van der Waals surface area contributed by atoms with Crippen molar-refractivity contribution in [2.45, 2.75) is 11.4 Å². The molecule has 3 aromatic rings. The Balaban J connectivity index is 1.67. The van der Waals surface area contributed by atoms with Crippen molar-refractivity contribution in [2.75, 3.05) is 39.3 Å². The molecule has 0 bridgehead atoms. The van der Waals surface area contributed by atoms with Gasteiger partial charge in [-0.05, 0) is 5.56 Å². The third-order valence-electron chi connectivity index (χ3n) is 5.33. The number of aliphatic hydroxyl groups is 1. The Hall–Kier alpha value is -2.52. The van der Waals surface area contributed by atoms with Gasteiger partial charge in [-0.15, -0.1) is 0 Å². The van der Waals surface area contributed by atoms with Crippen LogP contribution >= 0.6 is 0 Å². The number of hydrogen-bond donors (Lipinski definition) is 1. The largest absolute Gasteiger partial charge is 0.395 e. The van der Waals surface area contributed by atoms with Crippen LogP contribution in [-0.4, -0.2) is 71.8 Å². The molecule has 0 radical (unpaired) electrons. The van der Waals surface area contributed by atoms with E-state index in [2.05, 4.69) is 10.00 Å². The van der Waals surface area contributed by atoms with E-state index in [1.165, 1.54) is 4.31 Å². The molecular formula is C22H26N4O3S. The zero-order chi connectivity index (χ0) is 21.0. The number of piperazine rings is 1. The molecule has 2 heterocycles. The first kappa shape index (κ1) is 20.7. The van der Waals surface area contributed by atoms with Crippen molar-refractivity contribution in [3.8, 4) is 11.3 Å². The van der Waals surface area contributed by atoms with E-state index in [0.29, 0.717) is 45.0 Å². The molecule has 1 aliphatic rings. The van der Waals surface area contributed by atoms with Crippen molar-refractivity contribution in [2.24, 2.45) is 0 Å². The lowest BCUT2D eigenvalue weighted by atomic mass is 10.2. The second-order valence-corrected chi connectivity index (χ2v) is 9.27. The van der Waals surface area contributed by atoms with Gasteiger partial charge in [0, 0.05) is 44.5 Å². The van der Waals surface area contributed by atoms with Crippen LogP contribution in [0.5, 0.6) is 0 Å². The molecule has 0 spiro atoms. The zero-order valence-corrected chi connectivity index (χ0v) is 17.6. The predicted molar refractivity (Wildman–Crippen MR) is 115 cm³/mol. The Bertz CT molecular complexity index is 1060. The average Bonchev–Trinajstić information content (AvgIpc) is 3.20. The molecule has 30 heavy (non-hydrogen) atoms. The van der Waals surface area contributed by atoms with Gasteiger partial charge < -0.3 is 5.11 Å². The summed E-state index contributed by atoms with van der Waals surface area (Å²) < 4.78 is 30.3. The van der Waals surface area contributed by atoms with Crippen molar-refractivity contribution < 1.29 is 13.5 Å². The van der Waals surface area contributed by atoms with Gasteiger partial charge in [-0.1, -0.05) is 60.7 Å². The first-order valence-electron chi connectivity index (χ1n) is 10.1. The highest BCUT2D eigenvalue weighted by atomic mass is 32.2. The molecule has 0 atom stereocenters. The molecule has 0 saturated carbocycles. The van der Waals surface area contributed by atoms with E-state index in [4.69, 9.17) is 5.11 Å². The number of hydrogen-bond acceptors (Lipinski definition) is 5. The fraction of sp³-hybridized carbons (Fsp3) is 0.318. The summed E-state index contributed by atoms with van der Waals surface area (Å²) in [5.74, 6) is 0. The van der Waals surface area contributed by atoms with Gasteiger partial charge in [0.25, 0.3) is 0 Å². The van der Waals surface area contributed by atoms with Gasteiger partial charge in [-0.3, -0.25) is 9.58 Å². The summed E-state index contributed by atoms with van der Waals surface area (Å²) in [5.41, 5.74) is 2.31. The number of benzene rings is 2. The van der Waals surface area contributed by atoms with Crippen molar-refractivity contribution in [1.82, 2.24) is 19.0 Å². The van der Waals surface area contributed by atoms with E-state index < -0.39 is 10.0 Å². The van der Waals surface area contributed by atoms with Gasteiger partial charge in [-0.25, -0.2) is 8.42 Å². The van der Waals surface area contributed by atoms with Crippen LogP contribution in [0.4, 0.5) is 0 Å². The van der Waals surface area contributed by atoms with Gasteiger partial charge in [0.2, 0.25) is 10.0 Å². The normalized spacial score (nSPS) is 16.0. The number of β-amino-alcohol motifs (C(OH)–C–C–N with tert-alkyl or cyclic N) is 1. The predicted octanol–water partition coefficient (Wildman–Crippen LogP) is 1.90. The summed E-state index contributed by atoms with van der Waals surface area (Å²) in [5, 5.41) is 13.8. The summed E-state index contributed by atoms with van der Waals surface area (Å²) in [6.45, 7) is 3.17. The fourth-order valence-corrected chi connectivity index (χ4v) is 5.29. The molecule has 0 aliphatic carbocycles. The van der Waals surface area contributed by atoms with E-state index in [-0.39, 0.29) is 11.5 Å². The topological polar surface area (TPSA) is 78.7 Å². The van der Waals surface area contributed by atoms with Crippen LogP contribution in [0, 0.1) is 0 Å². The summed E-state index contributed by atoms with van der Waals surface area (Å²) in [4.78, 5) is 2.31. The van der Waals surface area contributed by atoms with E-state index in [9.17, 15) is 8.42 Å². The van der Waals surface area contributed by atoms with Crippen LogP contribution in [-0.2, 0) is 16.6 Å². The lowest BCUT2D eigenvalue weighted by Gasteiger charge is -2.33. The molecule has 2 aromatic carbocycles. The van der Waals surface area contributed by atoms with E-state index in [1.807, 2.05) is 60.7 Å². The average molecular weight is 427 g/mol. The molecule has 1 saturated heterocycles. The minimum Gasteiger partial charge on any atom is -0.395 e. The molecule has 8 heteroatoms. The maximum Gasteiger partial charge on any atom is 0.246 e. The summed E-state index contributed by atoms with van der Waals surface area (Å²) >= 11 is 0. The maximum atomic E-state index is 13.5. The van der Waals surface area contributed by atoms with Crippen LogP contribution in [0.25, 0.3) is 11.3 Å². The Morgan fingerprint density at radius 3 is 2.17 bits per heavy atom. The van der Waals surface area contributed by atoms with Crippen molar-refractivity contribution in [1.29, 1.82) is 0 Å². The monoisotopic (exact) mass is 426 g/mol. The molecule has 0 amide bonds. The van der Waals surface area contributed by atoms with Crippen LogP contribution in [0.2, 0.25) is 0 Å². The molecular weight excluding hydrogens is 400 g/mol. The number of sulfonamides is 1. The van der Waals surface area contributed by atoms with Gasteiger partial charge >= 0.3 is 0 Å². The van der Waals surface area contributed by atoms with Gasteiger partial charge in [0.05, 0.1) is 13.2 Å². The molecule has 1 N–H and O–H groups in total. The highest BCUT2D eigenvalue weighted by Gasteiger charge is 2.32. The number of nitrogens with zero attached hydrogens (tertiary/aromatic N) is 4. The minimum absolute atomic E-state index is 0.0805. The Labute approximate surface area is 177 Å². The third kappa shape index (κ3) is 4.46. The molecule has 1 aromatic heterocycles. The van der Waals surface area contributed by atoms with Gasteiger partial charge in [0.15, 0.2) is 0 Å². The first-order valence-corrected chi connectivity index (χ1v) is 11.5. The minimum atomic E-state index is -3.69. The lowest BCUT2D eigenvalue weighted by Crippen LogP contribution is -2.49. The molecule has 1 aliphatic heterocycles. The van der Waals surface area contributed by atoms with Crippen LogP contribution in [0.3, 0.4) is 0 Å². The Kier molecular flexibility index (Phi) is 6.29. The highest BCUT2D eigenvalue weighted by Crippen LogP contribution is 2.29. The zero-order valence-electron chi connectivity index (χ0n) is 16.8. The lowest BCUT2D eigenvalue weighted by molar-refractivity contribution is 0.151. The van der Waals surface area contributed by atoms with Gasteiger partial charge in [-0.2, -0.15) is 9.40 Å². The maximum absolute atomic E-state index is 13.5. The van der Waals surface area contributed by atoms with E-state index in [0.717, 1.165) is 11.1 Å². The molecule has 4 rings (SSSR count). The fourth-order valence-electron chi connectivity index (χ4n) is 3.71. The Morgan fingerprint density at radius 1 is 0.900 bits per heavy atom. The first-order chi connectivity index (χ1) is 14.6. The van der Waals surface area contributed by atoms with Crippen LogP contribution < -0.4 is 0 Å². The molecule has 1 fully saturated rings. The second kappa shape index (κ2) is 9.09. The number of aliphatic hydroxyl groups excluding tert-OH is 1. The quantitative estimate of drug-likeness (QED) is 0.624. The van der Waals surface area contributed by atoms with Gasteiger partial charge in [0.1, 0.15) is 10.6 Å². The second-order valence-electron chi connectivity index (χ2n) is 7.36. The summed E-state index contributed by atoms with van der Waals surface area (Å²) in [6, 6.07) is 19.3. The molecule has 158 valence electrons. The molecule has 0 unspecified atom stereocenters. The van der Waals surface area contributed by atoms with Crippen molar-refractivity contribution in [3.63, 3.8) is 0 Å². The number of aromatic nitrogens is 2. The van der Waals surface area contributed by atoms with Crippen LogP contribution in [0.15, 0.2) is 71.8 Å². The van der Waals surface area contributed by atoms with Crippen molar-refractivity contribution in [3.05, 3.63) is 72.4 Å². The molecule has 7 nitrogen and oxygen atoms in total. The Morgan fingerprint density at radius 2 is 1.53 bits per heavy atom. The van der Waals surface area contributed by atoms with E-state index >= 15 is 0 Å². The third-order valence-corrected chi connectivity index (χ3v) is 7.23. The number of rotatable bonds is 7. The highest BCUT2D eigenvalue weighted by molar-refractivity contribution is 7.89. The smallest absolute Gasteiger partial charge is 0.246 e. The SMILES string of the molecule is O=S(=O)(c1cn(Cc2ccccc2)nc1-c1ccccc1)N1CCN(CCO)CC1.